The van der Waals surface area contributed by atoms with E-state index in [1.54, 1.807) is 48.5 Å². The molecule has 2 aromatic carbocycles. The maximum Gasteiger partial charge on any atom is 0.257 e. The van der Waals surface area contributed by atoms with Crippen LogP contribution >= 0.6 is 12.2 Å². The smallest absolute Gasteiger partial charge is 0.257 e. The van der Waals surface area contributed by atoms with Crippen molar-refractivity contribution in [3.05, 3.63) is 59.7 Å². The van der Waals surface area contributed by atoms with E-state index in [9.17, 15) is 4.79 Å². The van der Waals surface area contributed by atoms with Gasteiger partial charge in [0.25, 0.3) is 5.91 Å². The summed E-state index contributed by atoms with van der Waals surface area (Å²) in [4.78, 5) is 12.2. The topological polar surface area (TPSA) is 74.2 Å². The van der Waals surface area contributed by atoms with Crippen molar-refractivity contribution in [2.75, 3.05) is 11.9 Å². The second-order valence-corrected chi connectivity index (χ2v) is 6.56. The molecule has 0 aliphatic heterocycles. The van der Waals surface area contributed by atoms with Crippen LogP contribution in [0, 0.1) is 17.2 Å². The maximum absolute atomic E-state index is 12.2. The SMILES string of the molecule is CC(C)CCOc1ccc(C(=O)NC(=S)Nc2ccc(C#N)cc2)cc1. The van der Waals surface area contributed by atoms with Crippen LogP contribution in [-0.4, -0.2) is 17.6 Å². The van der Waals surface area contributed by atoms with Gasteiger partial charge in [0.05, 0.1) is 18.2 Å². The van der Waals surface area contributed by atoms with E-state index in [4.69, 9.17) is 22.2 Å². The zero-order valence-corrected chi connectivity index (χ0v) is 15.6. The van der Waals surface area contributed by atoms with E-state index >= 15 is 0 Å². The van der Waals surface area contributed by atoms with Crippen LogP contribution < -0.4 is 15.4 Å². The lowest BCUT2D eigenvalue weighted by atomic mass is 10.1. The number of nitrogens with one attached hydrogen (secondary N) is 2. The van der Waals surface area contributed by atoms with Crippen molar-refractivity contribution in [1.82, 2.24) is 5.32 Å². The minimum Gasteiger partial charge on any atom is -0.494 e. The average molecular weight is 367 g/mol. The van der Waals surface area contributed by atoms with Gasteiger partial charge in [-0.3, -0.25) is 10.1 Å². The highest BCUT2D eigenvalue weighted by molar-refractivity contribution is 7.80. The fourth-order valence-electron chi connectivity index (χ4n) is 2.08. The Morgan fingerprint density at radius 3 is 2.38 bits per heavy atom. The Labute approximate surface area is 159 Å². The van der Waals surface area contributed by atoms with Crippen molar-refractivity contribution in [3.63, 3.8) is 0 Å². The molecule has 0 saturated carbocycles. The second kappa shape index (κ2) is 9.54. The monoisotopic (exact) mass is 367 g/mol. The molecule has 0 aliphatic carbocycles. The van der Waals surface area contributed by atoms with Crippen LogP contribution in [0.25, 0.3) is 0 Å². The summed E-state index contributed by atoms with van der Waals surface area (Å²) in [6.45, 7) is 4.94. The lowest BCUT2D eigenvalue weighted by molar-refractivity contribution is 0.0977. The Balaban J connectivity index is 1.86. The molecule has 0 fully saturated rings. The standard InChI is InChI=1S/C20H21N3O2S/c1-14(2)11-12-25-18-9-5-16(6-10-18)19(24)23-20(26)22-17-7-3-15(13-21)4-8-17/h3-10,14H,11-12H2,1-2H3,(H2,22,23,24,26). The first-order chi connectivity index (χ1) is 12.5. The predicted octanol–water partition coefficient (Wildman–Crippen LogP) is 4.11. The first kappa shape index (κ1) is 19.4. The zero-order chi connectivity index (χ0) is 18.9. The van der Waals surface area contributed by atoms with Crippen molar-refractivity contribution in [2.24, 2.45) is 5.92 Å². The second-order valence-electron chi connectivity index (χ2n) is 6.15. The highest BCUT2D eigenvalue weighted by atomic mass is 32.1. The Hall–Kier alpha value is -2.91. The van der Waals surface area contributed by atoms with Crippen LogP contribution in [0.15, 0.2) is 48.5 Å². The van der Waals surface area contributed by atoms with E-state index < -0.39 is 0 Å². The van der Waals surface area contributed by atoms with Gasteiger partial charge in [-0.1, -0.05) is 13.8 Å². The summed E-state index contributed by atoms with van der Waals surface area (Å²) in [5.41, 5.74) is 1.74. The largest absolute Gasteiger partial charge is 0.494 e. The number of carbonyl (C=O) groups excluding carboxylic acids is 1. The highest BCUT2D eigenvalue weighted by Crippen LogP contribution is 2.14. The van der Waals surface area contributed by atoms with E-state index in [2.05, 4.69) is 24.5 Å². The van der Waals surface area contributed by atoms with Crippen molar-refractivity contribution in [3.8, 4) is 11.8 Å². The van der Waals surface area contributed by atoms with E-state index in [1.165, 1.54) is 0 Å². The van der Waals surface area contributed by atoms with E-state index in [-0.39, 0.29) is 11.0 Å². The van der Waals surface area contributed by atoms with Gasteiger partial charge in [0.2, 0.25) is 0 Å². The van der Waals surface area contributed by atoms with Crippen LogP contribution in [0.5, 0.6) is 5.75 Å². The molecule has 0 heterocycles. The number of benzene rings is 2. The maximum atomic E-state index is 12.2. The third-order valence-corrected chi connectivity index (χ3v) is 3.78. The van der Waals surface area contributed by atoms with Gasteiger partial charge in [-0.15, -0.1) is 0 Å². The molecule has 1 amide bonds. The van der Waals surface area contributed by atoms with Crippen molar-refractivity contribution < 1.29 is 9.53 Å². The highest BCUT2D eigenvalue weighted by Gasteiger charge is 2.08. The molecule has 134 valence electrons. The lowest BCUT2D eigenvalue weighted by Gasteiger charge is -2.11. The molecular formula is C20H21N3O2S. The third-order valence-electron chi connectivity index (χ3n) is 3.58. The molecule has 0 unspecified atom stereocenters. The quantitative estimate of drug-likeness (QED) is 0.752. The average Bonchev–Trinajstić information content (AvgIpc) is 2.62. The van der Waals surface area contributed by atoms with Crippen LogP contribution in [0.3, 0.4) is 0 Å². The fraction of sp³-hybridized carbons (Fsp3) is 0.250. The number of carbonyl (C=O) groups is 1. The first-order valence-electron chi connectivity index (χ1n) is 8.33. The Morgan fingerprint density at radius 2 is 1.81 bits per heavy atom. The van der Waals surface area contributed by atoms with Crippen molar-refractivity contribution in [2.45, 2.75) is 20.3 Å². The molecule has 5 nitrogen and oxygen atoms in total. The molecule has 0 spiro atoms. The number of nitrogens with zero attached hydrogens (tertiary/aromatic N) is 1. The lowest BCUT2D eigenvalue weighted by Crippen LogP contribution is -2.34. The number of thiocarbonyl (C=S) groups is 1. The molecule has 2 aromatic rings. The molecular weight excluding hydrogens is 346 g/mol. The zero-order valence-electron chi connectivity index (χ0n) is 14.8. The summed E-state index contributed by atoms with van der Waals surface area (Å²) in [6.07, 6.45) is 0.984. The number of ether oxygens (including phenoxy) is 1. The van der Waals surface area contributed by atoms with E-state index in [1.807, 2.05) is 6.07 Å². The van der Waals surface area contributed by atoms with Crippen LogP contribution in [0.2, 0.25) is 0 Å². The normalized spacial score (nSPS) is 10.1. The van der Waals surface area contributed by atoms with Gasteiger partial charge >= 0.3 is 0 Å². The van der Waals surface area contributed by atoms with Gasteiger partial charge < -0.3 is 10.1 Å². The van der Waals surface area contributed by atoms with Gasteiger partial charge in [-0.05, 0) is 73.1 Å². The van der Waals surface area contributed by atoms with Gasteiger partial charge in [0.1, 0.15) is 5.75 Å². The van der Waals surface area contributed by atoms with Gasteiger partial charge in [-0.2, -0.15) is 5.26 Å². The molecule has 0 radical (unpaired) electrons. The van der Waals surface area contributed by atoms with E-state index in [0.717, 1.165) is 12.2 Å². The van der Waals surface area contributed by atoms with E-state index in [0.29, 0.717) is 29.3 Å². The van der Waals surface area contributed by atoms with Crippen LogP contribution in [-0.2, 0) is 0 Å². The molecule has 0 aromatic heterocycles. The minimum absolute atomic E-state index is 0.192. The summed E-state index contributed by atoms with van der Waals surface area (Å²) in [7, 11) is 0. The molecule has 0 saturated heterocycles. The van der Waals surface area contributed by atoms with Crippen molar-refractivity contribution in [1.29, 1.82) is 5.26 Å². The third kappa shape index (κ3) is 6.19. The van der Waals surface area contributed by atoms with Crippen molar-refractivity contribution >= 4 is 28.9 Å². The van der Waals surface area contributed by atoms with Gasteiger partial charge in [0, 0.05) is 11.3 Å². The Kier molecular flexibility index (Phi) is 7.12. The summed E-state index contributed by atoms with van der Waals surface area (Å²) >= 11 is 5.15. The molecule has 6 heteroatoms. The molecule has 0 atom stereocenters. The Bertz CT molecular complexity index is 793. The first-order valence-corrected chi connectivity index (χ1v) is 8.74. The summed E-state index contributed by atoms with van der Waals surface area (Å²) in [6, 6.07) is 15.8. The molecule has 0 bridgehead atoms. The summed E-state index contributed by atoms with van der Waals surface area (Å²) in [5.74, 6) is 1.02. The number of nitriles is 1. The summed E-state index contributed by atoms with van der Waals surface area (Å²) in [5, 5.41) is 14.5. The number of hydrogen-bond acceptors (Lipinski definition) is 4. The molecule has 0 aliphatic rings. The van der Waals surface area contributed by atoms with Gasteiger partial charge in [-0.25, -0.2) is 0 Å². The molecule has 2 rings (SSSR count). The molecule has 26 heavy (non-hydrogen) atoms. The van der Waals surface area contributed by atoms with Crippen LogP contribution in [0.1, 0.15) is 36.2 Å². The molecule has 2 N–H and O–H groups in total. The number of hydrogen-bond donors (Lipinski definition) is 2. The fourth-order valence-corrected chi connectivity index (χ4v) is 2.29. The number of anilines is 1. The minimum atomic E-state index is -0.301. The summed E-state index contributed by atoms with van der Waals surface area (Å²) < 4.78 is 5.64. The Morgan fingerprint density at radius 1 is 1.15 bits per heavy atom. The number of rotatable bonds is 6. The van der Waals surface area contributed by atoms with Gasteiger partial charge in [0.15, 0.2) is 5.11 Å². The predicted molar refractivity (Wildman–Crippen MR) is 106 cm³/mol. The van der Waals surface area contributed by atoms with Crippen LogP contribution in [0.4, 0.5) is 5.69 Å². The number of amides is 1.